The Kier molecular flexibility index (Phi) is 2.96. The highest BCUT2D eigenvalue weighted by atomic mass is 32.1. The van der Waals surface area contributed by atoms with Crippen molar-refractivity contribution < 1.29 is 0 Å². The van der Waals surface area contributed by atoms with Gasteiger partial charge in [-0.05, 0) is 18.2 Å². The third kappa shape index (κ3) is 2.43. The van der Waals surface area contributed by atoms with E-state index in [4.69, 9.17) is 5.73 Å². The number of thiazole rings is 1. The van der Waals surface area contributed by atoms with Gasteiger partial charge in [0.05, 0.1) is 6.20 Å². The summed E-state index contributed by atoms with van der Waals surface area (Å²) in [5.41, 5.74) is 7.78. The fraction of sp³-hybridized carbons (Fsp3) is 0.182. The Balaban J connectivity index is 2.18. The van der Waals surface area contributed by atoms with Gasteiger partial charge in [0.15, 0.2) is 5.13 Å². The van der Waals surface area contributed by atoms with Gasteiger partial charge in [0, 0.05) is 25.5 Å². The Morgan fingerprint density at radius 2 is 2.19 bits per heavy atom. The molecule has 0 aliphatic rings. The molecule has 0 aliphatic heterocycles. The fourth-order valence-electron chi connectivity index (χ4n) is 1.33. The van der Waals surface area contributed by atoms with Crippen LogP contribution in [0.2, 0.25) is 0 Å². The standard InChI is InChI=1S/C11H14N4S/c1-15(2)9-5-3-4-8(6-9)14-11-13-7-10(12)16-11/h3-7H,12H2,1-2H3,(H,13,14). The first-order valence-corrected chi connectivity index (χ1v) is 5.72. The summed E-state index contributed by atoms with van der Waals surface area (Å²) < 4.78 is 0. The van der Waals surface area contributed by atoms with Crippen LogP contribution in [-0.2, 0) is 0 Å². The van der Waals surface area contributed by atoms with Crippen LogP contribution in [0.25, 0.3) is 0 Å². The summed E-state index contributed by atoms with van der Waals surface area (Å²) in [7, 11) is 4.03. The van der Waals surface area contributed by atoms with Crippen molar-refractivity contribution in [3.8, 4) is 0 Å². The van der Waals surface area contributed by atoms with Crippen LogP contribution >= 0.6 is 11.3 Å². The van der Waals surface area contributed by atoms with Crippen LogP contribution in [-0.4, -0.2) is 19.1 Å². The van der Waals surface area contributed by atoms with Crippen LogP contribution < -0.4 is 16.0 Å². The maximum Gasteiger partial charge on any atom is 0.189 e. The SMILES string of the molecule is CN(C)c1cccc(Nc2ncc(N)s2)c1. The van der Waals surface area contributed by atoms with Gasteiger partial charge in [0.2, 0.25) is 0 Å². The molecule has 0 aliphatic carbocycles. The number of hydrogen-bond donors (Lipinski definition) is 2. The van der Waals surface area contributed by atoms with Crippen molar-refractivity contribution in [3.05, 3.63) is 30.5 Å². The first kappa shape index (κ1) is 10.8. The van der Waals surface area contributed by atoms with E-state index in [9.17, 15) is 0 Å². The van der Waals surface area contributed by atoms with Crippen LogP contribution in [0.1, 0.15) is 0 Å². The lowest BCUT2D eigenvalue weighted by molar-refractivity contribution is 1.13. The monoisotopic (exact) mass is 234 g/mol. The average molecular weight is 234 g/mol. The van der Waals surface area contributed by atoms with Gasteiger partial charge in [0.25, 0.3) is 0 Å². The average Bonchev–Trinajstić information content (AvgIpc) is 2.64. The molecule has 0 spiro atoms. The van der Waals surface area contributed by atoms with Gasteiger partial charge in [0.1, 0.15) is 5.00 Å². The molecule has 1 heterocycles. The molecule has 3 N–H and O–H groups in total. The summed E-state index contributed by atoms with van der Waals surface area (Å²) in [6.07, 6.45) is 1.66. The van der Waals surface area contributed by atoms with Crippen molar-refractivity contribution >= 4 is 32.8 Å². The molecular formula is C11H14N4S. The van der Waals surface area contributed by atoms with Crippen LogP contribution in [0.5, 0.6) is 0 Å². The first-order chi connectivity index (χ1) is 7.65. The molecule has 0 saturated heterocycles. The van der Waals surface area contributed by atoms with Gasteiger partial charge in [-0.3, -0.25) is 0 Å². The molecule has 0 atom stereocenters. The number of rotatable bonds is 3. The molecule has 1 aromatic carbocycles. The highest BCUT2D eigenvalue weighted by Gasteiger charge is 2.01. The Morgan fingerprint density at radius 1 is 1.38 bits per heavy atom. The van der Waals surface area contributed by atoms with Gasteiger partial charge < -0.3 is 16.0 Å². The predicted molar refractivity (Wildman–Crippen MR) is 70.6 cm³/mol. The molecule has 16 heavy (non-hydrogen) atoms. The van der Waals surface area contributed by atoms with Gasteiger partial charge in [-0.15, -0.1) is 0 Å². The minimum absolute atomic E-state index is 0.714. The maximum absolute atomic E-state index is 5.62. The van der Waals surface area contributed by atoms with Gasteiger partial charge in [-0.2, -0.15) is 0 Å². The molecule has 0 saturated carbocycles. The van der Waals surface area contributed by atoms with Crippen molar-refractivity contribution in [2.24, 2.45) is 0 Å². The molecule has 84 valence electrons. The number of aromatic nitrogens is 1. The molecule has 2 rings (SSSR count). The quantitative estimate of drug-likeness (QED) is 0.857. The van der Waals surface area contributed by atoms with Crippen molar-refractivity contribution in [1.29, 1.82) is 0 Å². The van der Waals surface area contributed by atoms with E-state index < -0.39 is 0 Å². The predicted octanol–water partition coefficient (Wildman–Crippen LogP) is 2.53. The number of benzene rings is 1. The molecule has 5 heteroatoms. The molecule has 2 aromatic rings. The topological polar surface area (TPSA) is 54.2 Å². The Morgan fingerprint density at radius 3 is 2.81 bits per heavy atom. The van der Waals surface area contributed by atoms with Gasteiger partial charge in [-0.1, -0.05) is 17.4 Å². The summed E-state index contributed by atoms with van der Waals surface area (Å²) in [6.45, 7) is 0. The maximum atomic E-state index is 5.62. The number of anilines is 4. The summed E-state index contributed by atoms with van der Waals surface area (Å²) in [5, 5.41) is 4.75. The van der Waals surface area contributed by atoms with Crippen molar-refractivity contribution in [2.75, 3.05) is 30.0 Å². The molecule has 1 aromatic heterocycles. The molecule has 0 amide bonds. The van der Waals surface area contributed by atoms with E-state index in [1.165, 1.54) is 11.3 Å². The minimum Gasteiger partial charge on any atom is -0.389 e. The zero-order valence-corrected chi connectivity index (χ0v) is 10.1. The third-order valence-corrected chi connectivity index (χ3v) is 2.88. The Labute approximate surface area is 98.7 Å². The van der Waals surface area contributed by atoms with E-state index in [0.29, 0.717) is 5.00 Å². The first-order valence-electron chi connectivity index (χ1n) is 4.91. The van der Waals surface area contributed by atoms with Crippen molar-refractivity contribution in [2.45, 2.75) is 0 Å². The van der Waals surface area contributed by atoms with Crippen molar-refractivity contribution in [3.63, 3.8) is 0 Å². The number of nitrogens with two attached hydrogens (primary N) is 1. The second-order valence-corrected chi connectivity index (χ2v) is 4.70. The van der Waals surface area contributed by atoms with Crippen LogP contribution in [0.3, 0.4) is 0 Å². The normalized spacial score (nSPS) is 10.1. The van der Waals surface area contributed by atoms with E-state index in [0.717, 1.165) is 16.5 Å². The lowest BCUT2D eigenvalue weighted by Crippen LogP contribution is -2.08. The zero-order chi connectivity index (χ0) is 11.5. The van der Waals surface area contributed by atoms with E-state index in [1.807, 2.05) is 26.2 Å². The van der Waals surface area contributed by atoms with Crippen LogP contribution in [0.15, 0.2) is 30.5 Å². The van der Waals surface area contributed by atoms with Crippen LogP contribution in [0.4, 0.5) is 21.5 Å². The summed E-state index contributed by atoms with van der Waals surface area (Å²) >= 11 is 1.44. The largest absolute Gasteiger partial charge is 0.389 e. The van der Waals surface area contributed by atoms with E-state index in [-0.39, 0.29) is 0 Å². The minimum atomic E-state index is 0.714. The molecular weight excluding hydrogens is 220 g/mol. The molecule has 0 bridgehead atoms. The Bertz CT molecular complexity index is 478. The Hall–Kier alpha value is -1.75. The van der Waals surface area contributed by atoms with Gasteiger partial charge >= 0.3 is 0 Å². The van der Waals surface area contributed by atoms with Gasteiger partial charge in [-0.25, -0.2) is 4.98 Å². The zero-order valence-electron chi connectivity index (χ0n) is 9.27. The van der Waals surface area contributed by atoms with E-state index >= 15 is 0 Å². The molecule has 0 fully saturated rings. The third-order valence-electron chi connectivity index (χ3n) is 2.14. The lowest BCUT2D eigenvalue weighted by atomic mass is 10.2. The van der Waals surface area contributed by atoms with Crippen LogP contribution in [0, 0.1) is 0 Å². The smallest absolute Gasteiger partial charge is 0.189 e. The fourth-order valence-corrected chi connectivity index (χ4v) is 1.93. The molecule has 0 radical (unpaired) electrons. The number of hydrogen-bond acceptors (Lipinski definition) is 5. The molecule has 0 unspecified atom stereocenters. The lowest BCUT2D eigenvalue weighted by Gasteiger charge is -2.13. The number of nitrogen functional groups attached to an aromatic ring is 1. The summed E-state index contributed by atoms with van der Waals surface area (Å²) in [6, 6.07) is 8.14. The second kappa shape index (κ2) is 4.40. The summed E-state index contributed by atoms with van der Waals surface area (Å²) in [5.74, 6) is 0. The number of nitrogens with zero attached hydrogens (tertiary/aromatic N) is 2. The highest BCUT2D eigenvalue weighted by molar-refractivity contribution is 7.19. The number of nitrogens with one attached hydrogen (secondary N) is 1. The van der Waals surface area contributed by atoms with E-state index in [1.54, 1.807) is 6.20 Å². The second-order valence-electron chi connectivity index (χ2n) is 3.64. The van der Waals surface area contributed by atoms with Crippen molar-refractivity contribution in [1.82, 2.24) is 4.98 Å². The van der Waals surface area contributed by atoms with E-state index in [2.05, 4.69) is 27.3 Å². The summed E-state index contributed by atoms with van der Waals surface area (Å²) in [4.78, 5) is 6.21. The molecule has 4 nitrogen and oxygen atoms in total. The highest BCUT2D eigenvalue weighted by Crippen LogP contribution is 2.25.